The van der Waals surface area contributed by atoms with Crippen molar-refractivity contribution < 1.29 is 4.79 Å². The van der Waals surface area contributed by atoms with E-state index < -0.39 is 0 Å². The van der Waals surface area contributed by atoms with Gasteiger partial charge in [-0.25, -0.2) is 0 Å². The molecule has 6 heteroatoms. The minimum absolute atomic E-state index is 0.124. The molecule has 0 radical (unpaired) electrons. The number of pyridine rings is 1. The predicted octanol–water partition coefficient (Wildman–Crippen LogP) is 0.0739. The summed E-state index contributed by atoms with van der Waals surface area (Å²) in [7, 11) is 3.85. The zero-order valence-corrected chi connectivity index (χ0v) is 14.5. The molecule has 2 aliphatic rings. The van der Waals surface area contributed by atoms with Gasteiger partial charge in [-0.3, -0.25) is 14.5 Å². The van der Waals surface area contributed by atoms with Gasteiger partial charge < -0.3 is 14.4 Å². The van der Waals surface area contributed by atoms with Gasteiger partial charge >= 0.3 is 0 Å². The Morgan fingerprint density at radius 2 is 1.78 bits per heavy atom. The molecule has 3 rings (SSSR count). The molecule has 0 aliphatic carbocycles. The lowest BCUT2D eigenvalue weighted by atomic mass is 10.1. The van der Waals surface area contributed by atoms with E-state index in [1.54, 1.807) is 17.7 Å². The molecule has 3 heterocycles. The van der Waals surface area contributed by atoms with E-state index >= 15 is 0 Å². The number of fused-ring (bicyclic) bond motifs is 1. The molecule has 0 spiro atoms. The van der Waals surface area contributed by atoms with Crippen molar-refractivity contribution in [1.82, 2.24) is 19.3 Å². The molecule has 126 valence electrons. The van der Waals surface area contributed by atoms with Crippen LogP contribution in [0.25, 0.3) is 0 Å². The Bertz CT molecular complexity index is 682. The number of aromatic nitrogens is 1. The molecule has 2 saturated heterocycles. The molecular formula is C17H26N4O2. The smallest absolute Gasteiger partial charge is 0.263 e. The van der Waals surface area contributed by atoms with Crippen molar-refractivity contribution in [1.29, 1.82) is 0 Å². The molecule has 0 unspecified atom stereocenters. The quantitative estimate of drug-likeness (QED) is 0.735. The van der Waals surface area contributed by atoms with Crippen LogP contribution in [0.5, 0.6) is 0 Å². The zero-order valence-electron chi connectivity index (χ0n) is 14.5. The van der Waals surface area contributed by atoms with Crippen molar-refractivity contribution in [2.24, 2.45) is 7.05 Å². The minimum Gasteiger partial charge on any atom is -0.336 e. The molecule has 1 amide bonds. The second-order valence-electron chi connectivity index (χ2n) is 6.89. The Morgan fingerprint density at radius 1 is 1.09 bits per heavy atom. The van der Waals surface area contributed by atoms with Gasteiger partial charge in [0.05, 0.1) is 0 Å². The largest absolute Gasteiger partial charge is 0.336 e. The molecule has 2 fully saturated rings. The lowest BCUT2D eigenvalue weighted by Crippen LogP contribution is -2.62. The van der Waals surface area contributed by atoms with Crippen LogP contribution in [0, 0.1) is 13.8 Å². The maximum absolute atomic E-state index is 12.9. The molecule has 6 nitrogen and oxygen atoms in total. The average molecular weight is 318 g/mol. The number of hydrogen-bond donors (Lipinski definition) is 0. The topological polar surface area (TPSA) is 48.8 Å². The van der Waals surface area contributed by atoms with Crippen molar-refractivity contribution in [3.8, 4) is 0 Å². The van der Waals surface area contributed by atoms with Crippen LogP contribution in [0.15, 0.2) is 10.9 Å². The Morgan fingerprint density at radius 3 is 2.52 bits per heavy atom. The second kappa shape index (κ2) is 6.09. The number of carbonyl (C=O) groups excluding carboxylic acids is 1. The number of amides is 1. The molecule has 1 atom stereocenters. The monoisotopic (exact) mass is 318 g/mol. The third-order valence-electron chi connectivity index (χ3n) is 5.38. The van der Waals surface area contributed by atoms with Gasteiger partial charge in [0.1, 0.15) is 5.56 Å². The van der Waals surface area contributed by atoms with Crippen LogP contribution in [0.3, 0.4) is 0 Å². The minimum atomic E-state index is -0.193. The number of piperazine rings is 2. The van der Waals surface area contributed by atoms with Crippen LogP contribution in [-0.2, 0) is 7.05 Å². The highest BCUT2D eigenvalue weighted by Crippen LogP contribution is 2.17. The number of likely N-dealkylation sites (N-methyl/N-ethyl adjacent to an activating group) is 1. The summed E-state index contributed by atoms with van der Waals surface area (Å²) in [6.45, 7) is 9.29. The lowest BCUT2D eigenvalue weighted by molar-refractivity contribution is 0.0188. The lowest BCUT2D eigenvalue weighted by Gasteiger charge is -2.46. The molecule has 1 aromatic heterocycles. The first-order valence-electron chi connectivity index (χ1n) is 8.27. The van der Waals surface area contributed by atoms with Gasteiger partial charge in [0.25, 0.3) is 11.5 Å². The van der Waals surface area contributed by atoms with E-state index in [0.717, 1.165) is 37.4 Å². The Hall–Kier alpha value is -1.66. The van der Waals surface area contributed by atoms with E-state index in [4.69, 9.17) is 0 Å². The third kappa shape index (κ3) is 2.93. The standard InChI is InChI=1S/C17H26N4O2/c1-12-9-15(16(22)19(4)13(12)2)17(23)21-8-7-20-6-5-18(3)10-14(20)11-21/h9,14H,5-8,10-11H2,1-4H3/t14-/m0/s1. The van der Waals surface area contributed by atoms with Gasteiger partial charge in [0, 0.05) is 58.1 Å². The van der Waals surface area contributed by atoms with Crippen LogP contribution >= 0.6 is 0 Å². The number of nitrogens with zero attached hydrogens (tertiary/aromatic N) is 4. The van der Waals surface area contributed by atoms with Crippen LogP contribution < -0.4 is 5.56 Å². The van der Waals surface area contributed by atoms with Gasteiger partial charge in [0.2, 0.25) is 0 Å². The molecule has 0 bridgehead atoms. The summed E-state index contributed by atoms with van der Waals surface area (Å²) in [4.78, 5) is 32.0. The van der Waals surface area contributed by atoms with Crippen LogP contribution in [0.4, 0.5) is 0 Å². The fourth-order valence-electron chi connectivity index (χ4n) is 3.60. The normalized spacial score (nSPS) is 23.0. The van der Waals surface area contributed by atoms with Crippen LogP contribution in [0.1, 0.15) is 21.6 Å². The number of rotatable bonds is 1. The summed E-state index contributed by atoms with van der Waals surface area (Å²) in [5, 5.41) is 0. The van der Waals surface area contributed by atoms with E-state index in [9.17, 15) is 9.59 Å². The summed E-state index contributed by atoms with van der Waals surface area (Å²) in [5.41, 5.74) is 1.99. The van der Waals surface area contributed by atoms with Crippen molar-refractivity contribution in [2.45, 2.75) is 19.9 Å². The summed E-state index contributed by atoms with van der Waals surface area (Å²) in [6.07, 6.45) is 0. The van der Waals surface area contributed by atoms with Gasteiger partial charge in [-0.15, -0.1) is 0 Å². The van der Waals surface area contributed by atoms with E-state index in [-0.39, 0.29) is 11.5 Å². The summed E-state index contributed by atoms with van der Waals surface area (Å²) in [5.74, 6) is -0.124. The average Bonchev–Trinajstić information content (AvgIpc) is 2.55. The molecule has 23 heavy (non-hydrogen) atoms. The summed E-state index contributed by atoms with van der Waals surface area (Å²) >= 11 is 0. The first-order valence-corrected chi connectivity index (χ1v) is 8.27. The number of carbonyl (C=O) groups is 1. The van der Waals surface area contributed by atoms with E-state index in [2.05, 4.69) is 16.8 Å². The molecule has 0 saturated carbocycles. The molecule has 1 aromatic rings. The van der Waals surface area contributed by atoms with E-state index in [1.807, 2.05) is 18.7 Å². The van der Waals surface area contributed by atoms with Crippen molar-refractivity contribution in [2.75, 3.05) is 46.3 Å². The van der Waals surface area contributed by atoms with Gasteiger partial charge in [-0.1, -0.05) is 0 Å². The number of hydrogen-bond acceptors (Lipinski definition) is 4. The Balaban J connectivity index is 1.83. The summed E-state index contributed by atoms with van der Waals surface area (Å²) in [6, 6.07) is 2.13. The maximum atomic E-state index is 12.9. The van der Waals surface area contributed by atoms with Crippen molar-refractivity contribution >= 4 is 5.91 Å². The Labute approximate surface area is 137 Å². The number of aryl methyl sites for hydroxylation is 1. The molecule has 0 N–H and O–H groups in total. The maximum Gasteiger partial charge on any atom is 0.263 e. The molecule has 0 aromatic carbocycles. The van der Waals surface area contributed by atoms with Gasteiger partial charge in [-0.05, 0) is 32.5 Å². The highest BCUT2D eigenvalue weighted by atomic mass is 16.2. The first-order chi connectivity index (χ1) is 10.9. The van der Waals surface area contributed by atoms with Crippen LogP contribution in [0.2, 0.25) is 0 Å². The van der Waals surface area contributed by atoms with Crippen LogP contribution in [-0.4, -0.2) is 77.5 Å². The predicted molar refractivity (Wildman–Crippen MR) is 89.9 cm³/mol. The zero-order chi connectivity index (χ0) is 16.7. The highest BCUT2D eigenvalue weighted by Gasteiger charge is 2.33. The third-order valence-corrected chi connectivity index (χ3v) is 5.38. The fourth-order valence-corrected chi connectivity index (χ4v) is 3.60. The van der Waals surface area contributed by atoms with Gasteiger partial charge in [0.15, 0.2) is 0 Å². The SMILES string of the molecule is Cc1cc(C(=O)N2CCN3CCN(C)C[C@H]3C2)c(=O)n(C)c1C. The van der Waals surface area contributed by atoms with E-state index in [0.29, 0.717) is 24.7 Å². The first kappa shape index (κ1) is 16.2. The summed E-state index contributed by atoms with van der Waals surface area (Å²) < 4.78 is 1.58. The van der Waals surface area contributed by atoms with Gasteiger partial charge in [-0.2, -0.15) is 0 Å². The fraction of sp³-hybridized carbons (Fsp3) is 0.647. The molecular weight excluding hydrogens is 292 g/mol. The highest BCUT2D eigenvalue weighted by molar-refractivity contribution is 5.94. The molecule has 2 aliphatic heterocycles. The van der Waals surface area contributed by atoms with E-state index in [1.165, 1.54) is 0 Å². The second-order valence-corrected chi connectivity index (χ2v) is 6.89. The van der Waals surface area contributed by atoms with Crippen molar-refractivity contribution in [3.05, 3.63) is 33.2 Å². The Kier molecular flexibility index (Phi) is 4.29. The van der Waals surface area contributed by atoms with Crippen molar-refractivity contribution in [3.63, 3.8) is 0 Å².